The van der Waals surface area contributed by atoms with Crippen molar-refractivity contribution in [1.82, 2.24) is 9.80 Å². The molecule has 0 aromatic heterocycles. The number of hydrogen-bond donors (Lipinski definition) is 0. The topological polar surface area (TPSA) is 54.1 Å². The third kappa shape index (κ3) is 3.85. The van der Waals surface area contributed by atoms with Crippen molar-refractivity contribution in [3.8, 4) is 12.1 Å². The van der Waals surface area contributed by atoms with Gasteiger partial charge in [0, 0.05) is 44.8 Å². The monoisotopic (exact) mass is 318 g/mol. The van der Waals surface area contributed by atoms with Crippen LogP contribution in [0.25, 0.3) is 0 Å². The van der Waals surface area contributed by atoms with E-state index in [0.29, 0.717) is 0 Å². The molecule has 1 saturated heterocycles. The highest BCUT2D eigenvalue weighted by molar-refractivity contribution is 5.44. The quantitative estimate of drug-likeness (QED) is 0.800. The summed E-state index contributed by atoms with van der Waals surface area (Å²) in [5.74, 6) is 0. The summed E-state index contributed by atoms with van der Waals surface area (Å²) in [6.45, 7) is 4.92. The zero-order valence-corrected chi connectivity index (χ0v) is 13.9. The molecule has 4 heteroatoms. The molecule has 2 heterocycles. The Labute approximate surface area is 143 Å². The van der Waals surface area contributed by atoms with Crippen molar-refractivity contribution >= 4 is 0 Å². The van der Waals surface area contributed by atoms with Crippen molar-refractivity contribution in [2.45, 2.75) is 25.8 Å². The van der Waals surface area contributed by atoms with E-state index in [1.54, 1.807) is 6.08 Å². The molecule has 0 unspecified atom stereocenters. The molecule has 0 atom stereocenters. The Hall–Kier alpha value is -2.56. The van der Waals surface area contributed by atoms with Crippen LogP contribution in [-0.4, -0.2) is 36.0 Å². The average molecular weight is 318 g/mol. The SMILES string of the molecule is N#CC(C#N)=CC1=C(N2CCCC2)CCN(Cc2ccccc2)C1. The van der Waals surface area contributed by atoms with E-state index in [2.05, 4.69) is 34.1 Å². The molecule has 24 heavy (non-hydrogen) atoms. The maximum Gasteiger partial charge on any atom is 0.130 e. The van der Waals surface area contributed by atoms with Crippen molar-refractivity contribution < 1.29 is 0 Å². The van der Waals surface area contributed by atoms with Crippen LogP contribution >= 0.6 is 0 Å². The first-order valence-electron chi connectivity index (χ1n) is 8.55. The van der Waals surface area contributed by atoms with Crippen LogP contribution in [0.15, 0.2) is 53.3 Å². The van der Waals surface area contributed by atoms with Crippen molar-refractivity contribution in [2.24, 2.45) is 0 Å². The molecular formula is C20H22N4. The first kappa shape index (κ1) is 16.3. The smallest absolute Gasteiger partial charge is 0.130 e. The molecule has 0 radical (unpaired) electrons. The van der Waals surface area contributed by atoms with Crippen LogP contribution < -0.4 is 0 Å². The predicted molar refractivity (Wildman–Crippen MR) is 93.5 cm³/mol. The minimum atomic E-state index is 0.197. The summed E-state index contributed by atoms with van der Waals surface area (Å²) in [7, 11) is 0. The molecule has 0 aliphatic carbocycles. The molecule has 122 valence electrons. The third-order valence-electron chi connectivity index (χ3n) is 4.73. The summed E-state index contributed by atoms with van der Waals surface area (Å²) in [5, 5.41) is 18.2. The van der Waals surface area contributed by atoms with Gasteiger partial charge in [-0.2, -0.15) is 10.5 Å². The minimum Gasteiger partial charge on any atom is -0.375 e. The number of likely N-dealkylation sites (tertiary alicyclic amines) is 1. The summed E-state index contributed by atoms with van der Waals surface area (Å²) >= 11 is 0. The van der Waals surface area contributed by atoms with E-state index in [9.17, 15) is 0 Å². The van der Waals surface area contributed by atoms with E-state index in [4.69, 9.17) is 10.5 Å². The summed E-state index contributed by atoms with van der Waals surface area (Å²) in [5.41, 5.74) is 3.96. The number of allylic oxidation sites excluding steroid dienone is 1. The molecule has 2 aliphatic rings. The molecule has 0 N–H and O–H groups in total. The molecule has 4 nitrogen and oxygen atoms in total. The van der Waals surface area contributed by atoms with Gasteiger partial charge in [0.2, 0.25) is 0 Å². The Morgan fingerprint density at radius 1 is 1.04 bits per heavy atom. The molecule has 2 aliphatic heterocycles. The zero-order valence-electron chi connectivity index (χ0n) is 13.9. The Balaban J connectivity index is 1.82. The predicted octanol–water partition coefficient (Wildman–Crippen LogP) is 3.22. The maximum absolute atomic E-state index is 9.12. The van der Waals surface area contributed by atoms with Crippen molar-refractivity contribution in [2.75, 3.05) is 26.2 Å². The van der Waals surface area contributed by atoms with Crippen LogP contribution in [0.3, 0.4) is 0 Å². The highest BCUT2D eigenvalue weighted by atomic mass is 15.2. The van der Waals surface area contributed by atoms with Gasteiger partial charge in [-0.3, -0.25) is 4.90 Å². The zero-order chi connectivity index (χ0) is 16.8. The number of nitriles is 2. The molecule has 1 fully saturated rings. The van der Waals surface area contributed by atoms with E-state index in [1.165, 1.54) is 24.1 Å². The fourth-order valence-corrected chi connectivity index (χ4v) is 3.55. The first-order valence-corrected chi connectivity index (χ1v) is 8.55. The first-order chi connectivity index (χ1) is 11.8. The van der Waals surface area contributed by atoms with Crippen LogP contribution in [-0.2, 0) is 6.54 Å². The van der Waals surface area contributed by atoms with Crippen LogP contribution in [0.1, 0.15) is 24.8 Å². The van der Waals surface area contributed by atoms with E-state index in [1.807, 2.05) is 18.2 Å². The number of nitrogens with zero attached hydrogens (tertiary/aromatic N) is 4. The number of hydrogen-bond acceptors (Lipinski definition) is 4. The standard InChI is InChI=1S/C20H22N4/c21-13-18(14-22)12-19-16-23(15-17-6-2-1-3-7-17)11-8-20(19)24-9-4-5-10-24/h1-3,6-7,12H,4-5,8-11,15-16H2. The van der Waals surface area contributed by atoms with Gasteiger partial charge in [-0.1, -0.05) is 30.3 Å². The Morgan fingerprint density at radius 3 is 2.42 bits per heavy atom. The van der Waals surface area contributed by atoms with Gasteiger partial charge in [0.05, 0.1) is 0 Å². The normalized spacial score (nSPS) is 18.2. The molecule has 1 aromatic rings. The van der Waals surface area contributed by atoms with Gasteiger partial charge >= 0.3 is 0 Å². The fraction of sp³-hybridized carbons (Fsp3) is 0.400. The van der Waals surface area contributed by atoms with Crippen LogP contribution in [0.4, 0.5) is 0 Å². The Bertz CT molecular complexity index is 696. The second-order valence-electron chi connectivity index (χ2n) is 6.39. The molecule has 1 aromatic carbocycles. The van der Waals surface area contributed by atoms with E-state index in [0.717, 1.165) is 44.7 Å². The van der Waals surface area contributed by atoms with Gasteiger partial charge in [0.15, 0.2) is 0 Å². The largest absolute Gasteiger partial charge is 0.375 e. The Morgan fingerprint density at radius 2 is 1.75 bits per heavy atom. The lowest BCUT2D eigenvalue weighted by Crippen LogP contribution is -2.35. The summed E-state index contributed by atoms with van der Waals surface area (Å²) in [4.78, 5) is 4.84. The highest BCUT2D eigenvalue weighted by Crippen LogP contribution is 2.27. The van der Waals surface area contributed by atoms with E-state index < -0.39 is 0 Å². The maximum atomic E-state index is 9.12. The third-order valence-corrected chi connectivity index (χ3v) is 4.73. The van der Waals surface area contributed by atoms with Gasteiger partial charge in [0.25, 0.3) is 0 Å². The van der Waals surface area contributed by atoms with Crippen molar-refractivity contribution in [3.05, 3.63) is 58.8 Å². The summed E-state index contributed by atoms with van der Waals surface area (Å²) in [6, 6.07) is 14.5. The lowest BCUT2D eigenvalue weighted by Gasteiger charge is -2.34. The molecule has 3 rings (SSSR count). The van der Waals surface area contributed by atoms with Gasteiger partial charge in [-0.15, -0.1) is 0 Å². The molecule has 0 spiro atoms. The molecular weight excluding hydrogens is 296 g/mol. The molecule has 0 bridgehead atoms. The van der Waals surface area contributed by atoms with Crippen LogP contribution in [0, 0.1) is 22.7 Å². The Kier molecular flexibility index (Phi) is 5.31. The van der Waals surface area contributed by atoms with Crippen molar-refractivity contribution in [1.29, 1.82) is 10.5 Å². The lowest BCUT2D eigenvalue weighted by atomic mass is 10.0. The minimum absolute atomic E-state index is 0.197. The average Bonchev–Trinajstić information content (AvgIpc) is 3.15. The van der Waals surface area contributed by atoms with Crippen molar-refractivity contribution in [3.63, 3.8) is 0 Å². The second kappa shape index (κ2) is 7.81. The molecule has 0 amide bonds. The van der Waals surface area contributed by atoms with E-state index in [-0.39, 0.29) is 5.57 Å². The second-order valence-corrected chi connectivity index (χ2v) is 6.39. The summed E-state index contributed by atoms with van der Waals surface area (Å²) in [6.07, 6.45) is 5.25. The van der Waals surface area contributed by atoms with Gasteiger partial charge < -0.3 is 4.90 Å². The fourth-order valence-electron chi connectivity index (χ4n) is 3.55. The summed E-state index contributed by atoms with van der Waals surface area (Å²) < 4.78 is 0. The number of benzene rings is 1. The van der Waals surface area contributed by atoms with Gasteiger partial charge in [0.1, 0.15) is 17.7 Å². The van der Waals surface area contributed by atoms with Crippen LogP contribution in [0.5, 0.6) is 0 Å². The highest BCUT2D eigenvalue weighted by Gasteiger charge is 2.24. The lowest BCUT2D eigenvalue weighted by molar-refractivity contribution is 0.254. The number of rotatable bonds is 4. The van der Waals surface area contributed by atoms with E-state index >= 15 is 0 Å². The van der Waals surface area contributed by atoms with Gasteiger partial charge in [-0.05, 0) is 30.1 Å². The van der Waals surface area contributed by atoms with Gasteiger partial charge in [-0.25, -0.2) is 0 Å². The van der Waals surface area contributed by atoms with Crippen LogP contribution in [0.2, 0.25) is 0 Å². The molecule has 0 saturated carbocycles.